The molecule has 0 spiro atoms. The highest BCUT2D eigenvalue weighted by molar-refractivity contribution is 7.69. The van der Waals surface area contributed by atoms with Gasteiger partial charge in [-0.25, -0.2) is 0 Å². The van der Waals surface area contributed by atoms with E-state index in [9.17, 15) is 0 Å². The Morgan fingerprint density at radius 2 is 1.32 bits per heavy atom. The molecule has 19 heavy (non-hydrogen) atoms. The fraction of sp³-hybridized carbons (Fsp3) is 0.467. The van der Waals surface area contributed by atoms with E-state index in [-0.39, 0.29) is 0 Å². The summed E-state index contributed by atoms with van der Waals surface area (Å²) in [4.78, 5) is 0. The Balaban J connectivity index is 3.41. The van der Waals surface area contributed by atoms with Crippen LogP contribution < -0.4 is 0 Å². The molecule has 0 aromatic heterocycles. The van der Waals surface area contributed by atoms with E-state index < -0.39 is 7.71 Å². The Bertz CT molecular complexity index is 379. The molecule has 0 heterocycles. The lowest BCUT2D eigenvalue weighted by molar-refractivity contribution is 0.450. The van der Waals surface area contributed by atoms with Gasteiger partial charge < -0.3 is 0 Å². The molecule has 0 fully saturated rings. The SMILES string of the molecule is C=CC(c1ccccc1)[P+](N(C)C)(N(C)C)N(C)C. The Kier molecular flexibility index (Phi) is 5.69. The quantitative estimate of drug-likeness (QED) is 0.584. The van der Waals surface area contributed by atoms with Crippen LogP contribution in [0.1, 0.15) is 11.2 Å². The molecule has 0 N–H and O–H groups in total. The summed E-state index contributed by atoms with van der Waals surface area (Å²) in [5.74, 6) is 0. The first-order valence-electron chi connectivity index (χ1n) is 6.48. The van der Waals surface area contributed by atoms with Gasteiger partial charge in [0.25, 0.3) is 0 Å². The van der Waals surface area contributed by atoms with Gasteiger partial charge in [-0.2, -0.15) is 14.0 Å². The van der Waals surface area contributed by atoms with E-state index in [1.165, 1.54) is 5.56 Å². The topological polar surface area (TPSA) is 9.72 Å². The second-order valence-corrected chi connectivity index (χ2v) is 9.43. The Hall–Kier alpha value is -0.730. The first kappa shape index (κ1) is 16.3. The van der Waals surface area contributed by atoms with Gasteiger partial charge in [-0.05, 0) is 6.08 Å². The number of nitrogens with zero attached hydrogens (tertiary/aromatic N) is 3. The average molecular weight is 280 g/mol. The number of hydrogen-bond acceptors (Lipinski definition) is 3. The molecule has 1 unspecified atom stereocenters. The normalized spacial score (nSPS) is 14.2. The average Bonchev–Trinajstić information content (AvgIpc) is 2.35. The van der Waals surface area contributed by atoms with Crippen LogP contribution in [-0.2, 0) is 0 Å². The Labute approximate surface area is 119 Å². The third-order valence-electron chi connectivity index (χ3n) is 3.50. The minimum atomic E-state index is -1.66. The number of allylic oxidation sites excluding steroid dienone is 1. The molecule has 1 aromatic rings. The first-order valence-corrected chi connectivity index (χ1v) is 8.20. The van der Waals surface area contributed by atoms with Gasteiger partial charge in [-0.15, -0.1) is 0 Å². The lowest BCUT2D eigenvalue weighted by Gasteiger charge is -2.44. The van der Waals surface area contributed by atoms with E-state index in [2.05, 4.69) is 99.3 Å². The van der Waals surface area contributed by atoms with Gasteiger partial charge in [0.05, 0.1) is 0 Å². The van der Waals surface area contributed by atoms with Crippen molar-refractivity contribution >= 4 is 7.71 Å². The zero-order valence-electron chi connectivity index (χ0n) is 13.0. The van der Waals surface area contributed by atoms with Crippen molar-refractivity contribution in [1.29, 1.82) is 0 Å². The van der Waals surface area contributed by atoms with Gasteiger partial charge in [0.2, 0.25) is 7.71 Å². The van der Waals surface area contributed by atoms with Crippen molar-refractivity contribution in [1.82, 2.24) is 14.0 Å². The molecule has 1 atom stereocenters. The molecule has 0 aliphatic rings. The zero-order chi connectivity index (χ0) is 14.6. The molecule has 0 aliphatic heterocycles. The van der Waals surface area contributed by atoms with Crippen molar-refractivity contribution in [2.24, 2.45) is 0 Å². The lowest BCUT2D eigenvalue weighted by Crippen LogP contribution is -2.38. The number of hydrogen-bond donors (Lipinski definition) is 0. The van der Waals surface area contributed by atoms with E-state index in [1.807, 2.05) is 0 Å². The Morgan fingerprint density at radius 3 is 1.63 bits per heavy atom. The van der Waals surface area contributed by atoms with Crippen LogP contribution >= 0.6 is 7.71 Å². The summed E-state index contributed by atoms with van der Waals surface area (Å²) in [5.41, 5.74) is 1.62. The third kappa shape index (κ3) is 2.90. The molecule has 1 aromatic carbocycles. The van der Waals surface area contributed by atoms with Crippen molar-refractivity contribution < 1.29 is 0 Å². The molecule has 3 nitrogen and oxygen atoms in total. The highest BCUT2D eigenvalue weighted by Crippen LogP contribution is 2.73. The molecule has 1 rings (SSSR count). The van der Waals surface area contributed by atoms with Crippen LogP contribution in [0.15, 0.2) is 43.0 Å². The van der Waals surface area contributed by atoms with E-state index in [0.29, 0.717) is 5.66 Å². The highest BCUT2D eigenvalue weighted by Gasteiger charge is 2.54. The van der Waals surface area contributed by atoms with Crippen molar-refractivity contribution in [2.45, 2.75) is 5.66 Å². The van der Waals surface area contributed by atoms with Crippen molar-refractivity contribution in [3.05, 3.63) is 48.6 Å². The summed E-state index contributed by atoms with van der Waals surface area (Å²) in [6.07, 6.45) is 2.09. The van der Waals surface area contributed by atoms with Crippen LogP contribution in [0.5, 0.6) is 0 Å². The van der Waals surface area contributed by atoms with E-state index in [4.69, 9.17) is 0 Å². The molecule has 0 saturated heterocycles. The molecule has 4 heteroatoms. The zero-order valence-corrected chi connectivity index (χ0v) is 13.9. The monoisotopic (exact) mass is 280 g/mol. The van der Waals surface area contributed by atoms with Gasteiger partial charge in [-0.3, -0.25) is 0 Å². The Morgan fingerprint density at radius 1 is 0.895 bits per heavy atom. The van der Waals surface area contributed by atoms with Crippen LogP contribution in [0.2, 0.25) is 0 Å². The second kappa shape index (κ2) is 6.62. The molecule has 0 amide bonds. The molecular formula is C15H27N3P+. The van der Waals surface area contributed by atoms with Crippen LogP contribution in [-0.4, -0.2) is 56.3 Å². The summed E-state index contributed by atoms with van der Waals surface area (Å²) in [7, 11) is 11.3. The largest absolute Gasteiger partial charge is 0.237 e. The van der Waals surface area contributed by atoms with Crippen LogP contribution in [0.4, 0.5) is 0 Å². The fourth-order valence-corrected chi connectivity index (χ4v) is 7.44. The highest BCUT2D eigenvalue weighted by atomic mass is 31.2. The molecule has 0 radical (unpaired) electrons. The van der Waals surface area contributed by atoms with Crippen molar-refractivity contribution in [2.75, 3.05) is 42.3 Å². The van der Waals surface area contributed by atoms with Crippen LogP contribution in [0.25, 0.3) is 0 Å². The van der Waals surface area contributed by atoms with E-state index in [1.54, 1.807) is 0 Å². The number of rotatable bonds is 6. The maximum Gasteiger partial charge on any atom is 0.237 e. The third-order valence-corrected chi connectivity index (χ3v) is 8.29. The second-order valence-electron chi connectivity index (χ2n) is 5.25. The summed E-state index contributed by atoms with van der Waals surface area (Å²) >= 11 is 0. The van der Waals surface area contributed by atoms with Crippen molar-refractivity contribution in [3.63, 3.8) is 0 Å². The van der Waals surface area contributed by atoms with E-state index in [0.717, 1.165) is 0 Å². The summed E-state index contributed by atoms with van der Waals surface area (Å²) in [6, 6.07) is 10.6. The smallest absolute Gasteiger partial charge is 0.154 e. The summed E-state index contributed by atoms with van der Waals surface area (Å²) in [6.45, 7) is 4.10. The molecule has 0 saturated carbocycles. The van der Waals surface area contributed by atoms with Crippen LogP contribution in [0, 0.1) is 0 Å². The maximum atomic E-state index is 4.10. The summed E-state index contributed by atoms with van der Waals surface area (Å²) < 4.78 is 7.06. The minimum Gasteiger partial charge on any atom is -0.154 e. The standard InChI is InChI=1S/C15H27N3P/c1-8-15(14-12-10-9-11-13-14)19(16(2)3,17(4)5)18(6)7/h8-13,15H,1H2,2-7H3/q+1. The van der Waals surface area contributed by atoms with Gasteiger partial charge in [0, 0.05) is 47.8 Å². The molecule has 0 aliphatic carbocycles. The first-order chi connectivity index (χ1) is 8.88. The minimum absolute atomic E-state index is 0.300. The van der Waals surface area contributed by atoms with Crippen molar-refractivity contribution in [3.8, 4) is 0 Å². The molecule has 106 valence electrons. The fourth-order valence-electron chi connectivity index (χ4n) is 2.95. The van der Waals surface area contributed by atoms with Gasteiger partial charge in [-0.1, -0.05) is 36.9 Å². The lowest BCUT2D eigenvalue weighted by atomic mass is 10.1. The van der Waals surface area contributed by atoms with Gasteiger partial charge >= 0.3 is 0 Å². The van der Waals surface area contributed by atoms with Gasteiger partial charge in [0.15, 0.2) is 5.66 Å². The molecule has 0 bridgehead atoms. The summed E-state index contributed by atoms with van der Waals surface area (Å²) in [5, 5.41) is 0. The maximum absolute atomic E-state index is 4.10. The predicted molar refractivity (Wildman–Crippen MR) is 87.4 cm³/mol. The van der Waals surface area contributed by atoms with Crippen LogP contribution in [0.3, 0.4) is 0 Å². The predicted octanol–water partition coefficient (Wildman–Crippen LogP) is 3.36. The molecular weight excluding hydrogens is 253 g/mol. The van der Waals surface area contributed by atoms with Gasteiger partial charge in [0.1, 0.15) is 0 Å². The number of benzene rings is 1. The van der Waals surface area contributed by atoms with E-state index >= 15 is 0 Å².